The number of hydrogen-bond donors (Lipinski definition) is 2. The van der Waals surface area contributed by atoms with Crippen LogP contribution in [0.25, 0.3) is 0 Å². The summed E-state index contributed by atoms with van der Waals surface area (Å²) in [7, 11) is 0. The molecular weight excluding hydrogens is 215 g/mol. The molecule has 0 spiro atoms. The molecule has 0 saturated carbocycles. The van der Waals surface area contributed by atoms with E-state index in [0.29, 0.717) is 13.1 Å². The van der Waals surface area contributed by atoms with Gasteiger partial charge in [-0.05, 0) is 35.4 Å². The van der Waals surface area contributed by atoms with Crippen LogP contribution in [0, 0.1) is 5.82 Å². The summed E-state index contributed by atoms with van der Waals surface area (Å²) in [6.45, 7) is 1.24. The van der Waals surface area contributed by atoms with E-state index in [0.717, 1.165) is 16.8 Å². The largest absolute Gasteiger partial charge is 0.381 e. The Morgan fingerprint density at radius 1 is 0.882 bits per heavy atom. The molecule has 17 heavy (non-hydrogen) atoms. The van der Waals surface area contributed by atoms with Crippen LogP contribution in [0.3, 0.4) is 0 Å². The summed E-state index contributed by atoms with van der Waals surface area (Å²) in [6.07, 6.45) is 0. The van der Waals surface area contributed by atoms with Crippen LogP contribution in [0.5, 0.6) is 0 Å². The molecule has 2 aromatic carbocycles. The predicted octanol–water partition coefficient (Wildman–Crippen LogP) is 2.90. The van der Waals surface area contributed by atoms with Gasteiger partial charge in [0.1, 0.15) is 5.82 Å². The molecule has 0 unspecified atom stereocenters. The first-order valence-corrected chi connectivity index (χ1v) is 5.55. The first-order valence-electron chi connectivity index (χ1n) is 5.55. The highest BCUT2D eigenvalue weighted by Crippen LogP contribution is 2.11. The second-order valence-corrected chi connectivity index (χ2v) is 3.88. The Morgan fingerprint density at radius 2 is 1.47 bits per heavy atom. The molecule has 0 heterocycles. The Labute approximate surface area is 100 Å². The van der Waals surface area contributed by atoms with Crippen LogP contribution in [0.2, 0.25) is 0 Å². The molecule has 0 atom stereocenters. The molecule has 2 aromatic rings. The molecule has 0 radical (unpaired) electrons. The molecule has 0 amide bonds. The Morgan fingerprint density at radius 3 is 2.06 bits per heavy atom. The number of hydrogen-bond acceptors (Lipinski definition) is 2. The Hall–Kier alpha value is -1.87. The molecule has 3 N–H and O–H groups in total. The Balaban J connectivity index is 1.95. The zero-order chi connectivity index (χ0) is 12.1. The highest BCUT2D eigenvalue weighted by molar-refractivity contribution is 5.45. The van der Waals surface area contributed by atoms with Crippen molar-refractivity contribution < 1.29 is 4.39 Å². The molecule has 2 nitrogen and oxygen atoms in total. The van der Waals surface area contributed by atoms with E-state index in [9.17, 15) is 4.39 Å². The van der Waals surface area contributed by atoms with Gasteiger partial charge in [0, 0.05) is 18.8 Å². The molecule has 0 bridgehead atoms. The van der Waals surface area contributed by atoms with Crippen LogP contribution < -0.4 is 11.1 Å². The van der Waals surface area contributed by atoms with Gasteiger partial charge in [0.05, 0.1) is 0 Å². The fourth-order valence-electron chi connectivity index (χ4n) is 1.57. The van der Waals surface area contributed by atoms with Crippen LogP contribution in [0.15, 0.2) is 48.5 Å². The summed E-state index contributed by atoms with van der Waals surface area (Å²) in [6, 6.07) is 14.5. The van der Waals surface area contributed by atoms with E-state index in [4.69, 9.17) is 5.73 Å². The van der Waals surface area contributed by atoms with Gasteiger partial charge in [-0.3, -0.25) is 0 Å². The third-order valence-electron chi connectivity index (χ3n) is 2.60. The lowest BCUT2D eigenvalue weighted by atomic mass is 10.2. The van der Waals surface area contributed by atoms with Crippen molar-refractivity contribution in [3.05, 3.63) is 65.5 Å². The highest BCUT2D eigenvalue weighted by Gasteiger charge is 1.95. The van der Waals surface area contributed by atoms with Gasteiger partial charge in [-0.1, -0.05) is 24.3 Å². The van der Waals surface area contributed by atoms with Gasteiger partial charge in [0.15, 0.2) is 0 Å². The van der Waals surface area contributed by atoms with Crippen LogP contribution in [-0.2, 0) is 13.1 Å². The average molecular weight is 230 g/mol. The van der Waals surface area contributed by atoms with E-state index in [1.807, 2.05) is 24.3 Å². The van der Waals surface area contributed by atoms with Gasteiger partial charge >= 0.3 is 0 Å². The second kappa shape index (κ2) is 5.46. The normalized spacial score (nSPS) is 10.2. The minimum Gasteiger partial charge on any atom is -0.381 e. The molecule has 0 aliphatic carbocycles. The number of anilines is 1. The van der Waals surface area contributed by atoms with Gasteiger partial charge in [0.25, 0.3) is 0 Å². The van der Waals surface area contributed by atoms with Crippen molar-refractivity contribution in [2.75, 3.05) is 5.32 Å². The van der Waals surface area contributed by atoms with Crippen molar-refractivity contribution in [3.8, 4) is 0 Å². The van der Waals surface area contributed by atoms with Gasteiger partial charge in [-0.2, -0.15) is 0 Å². The van der Waals surface area contributed by atoms with Crippen molar-refractivity contribution in [2.45, 2.75) is 13.1 Å². The molecular formula is C14H15FN2. The summed E-state index contributed by atoms with van der Waals surface area (Å²) in [4.78, 5) is 0. The minimum absolute atomic E-state index is 0.207. The molecule has 88 valence electrons. The van der Waals surface area contributed by atoms with E-state index in [1.165, 1.54) is 12.1 Å². The van der Waals surface area contributed by atoms with Gasteiger partial charge in [-0.25, -0.2) is 4.39 Å². The highest BCUT2D eigenvalue weighted by atomic mass is 19.1. The van der Waals surface area contributed by atoms with Crippen molar-refractivity contribution >= 4 is 5.69 Å². The monoisotopic (exact) mass is 230 g/mol. The second-order valence-electron chi connectivity index (χ2n) is 3.88. The maximum Gasteiger partial charge on any atom is 0.123 e. The molecule has 0 aliphatic heterocycles. The average Bonchev–Trinajstić information content (AvgIpc) is 2.39. The molecule has 0 aromatic heterocycles. The lowest BCUT2D eigenvalue weighted by Gasteiger charge is -2.07. The maximum atomic E-state index is 12.7. The first kappa shape index (κ1) is 11.6. The third kappa shape index (κ3) is 3.29. The van der Waals surface area contributed by atoms with Crippen LogP contribution in [0.1, 0.15) is 11.1 Å². The SMILES string of the molecule is NCc1ccc(NCc2ccc(F)cc2)cc1. The Kier molecular flexibility index (Phi) is 3.73. The van der Waals surface area contributed by atoms with E-state index < -0.39 is 0 Å². The van der Waals surface area contributed by atoms with Crippen LogP contribution in [0.4, 0.5) is 10.1 Å². The molecule has 0 saturated heterocycles. The zero-order valence-corrected chi connectivity index (χ0v) is 9.49. The van der Waals surface area contributed by atoms with Crippen molar-refractivity contribution in [2.24, 2.45) is 5.73 Å². The lowest BCUT2D eigenvalue weighted by molar-refractivity contribution is 0.627. The maximum absolute atomic E-state index is 12.7. The lowest BCUT2D eigenvalue weighted by Crippen LogP contribution is -2.00. The van der Waals surface area contributed by atoms with E-state index >= 15 is 0 Å². The number of rotatable bonds is 4. The van der Waals surface area contributed by atoms with Crippen LogP contribution in [-0.4, -0.2) is 0 Å². The van der Waals surface area contributed by atoms with Gasteiger partial charge < -0.3 is 11.1 Å². The minimum atomic E-state index is -0.207. The molecule has 3 heteroatoms. The number of nitrogens with one attached hydrogen (secondary N) is 1. The van der Waals surface area contributed by atoms with E-state index in [1.54, 1.807) is 12.1 Å². The van der Waals surface area contributed by atoms with Gasteiger partial charge in [0.2, 0.25) is 0 Å². The number of nitrogens with two attached hydrogens (primary N) is 1. The fraction of sp³-hybridized carbons (Fsp3) is 0.143. The predicted molar refractivity (Wildman–Crippen MR) is 68.1 cm³/mol. The van der Waals surface area contributed by atoms with Crippen molar-refractivity contribution in [3.63, 3.8) is 0 Å². The fourth-order valence-corrected chi connectivity index (χ4v) is 1.57. The van der Waals surface area contributed by atoms with Crippen LogP contribution >= 0.6 is 0 Å². The molecule has 2 rings (SSSR count). The summed E-state index contributed by atoms with van der Waals surface area (Å²) in [5.41, 5.74) is 8.72. The van der Waals surface area contributed by atoms with E-state index in [-0.39, 0.29) is 5.82 Å². The van der Waals surface area contributed by atoms with E-state index in [2.05, 4.69) is 5.32 Å². The Bertz CT molecular complexity index is 463. The summed E-state index contributed by atoms with van der Waals surface area (Å²) in [5, 5.41) is 3.27. The molecule has 0 fully saturated rings. The smallest absolute Gasteiger partial charge is 0.123 e. The number of halogens is 1. The molecule has 0 aliphatic rings. The number of benzene rings is 2. The zero-order valence-electron chi connectivity index (χ0n) is 9.49. The quantitative estimate of drug-likeness (QED) is 0.847. The first-order chi connectivity index (χ1) is 8.28. The van der Waals surface area contributed by atoms with Crippen molar-refractivity contribution in [1.29, 1.82) is 0 Å². The summed E-state index contributed by atoms with van der Waals surface area (Å²) >= 11 is 0. The topological polar surface area (TPSA) is 38.0 Å². The van der Waals surface area contributed by atoms with Gasteiger partial charge in [-0.15, -0.1) is 0 Å². The van der Waals surface area contributed by atoms with Crippen molar-refractivity contribution in [1.82, 2.24) is 0 Å². The summed E-state index contributed by atoms with van der Waals surface area (Å²) < 4.78 is 12.7. The summed E-state index contributed by atoms with van der Waals surface area (Å²) in [5.74, 6) is -0.207. The standard InChI is InChI=1S/C14H15FN2/c15-13-5-1-12(2-6-13)10-17-14-7-3-11(9-16)4-8-14/h1-8,17H,9-10,16H2. The third-order valence-corrected chi connectivity index (χ3v) is 2.60.